The third-order valence-corrected chi connectivity index (χ3v) is 1.65. The summed E-state index contributed by atoms with van der Waals surface area (Å²) in [5, 5.41) is 9.85. The minimum absolute atomic E-state index is 0.258. The van der Waals surface area contributed by atoms with E-state index < -0.39 is 6.09 Å². The van der Waals surface area contributed by atoms with Crippen LogP contribution in [0.2, 0.25) is 0 Å². The average Bonchev–Trinajstić information content (AvgIpc) is 2.44. The Kier molecular flexibility index (Phi) is 3.27. The number of amides is 1. The first-order valence-electron chi connectivity index (χ1n) is 4.19. The molecule has 0 aliphatic rings. The number of carbonyl (C=O) groups excluding carboxylic acids is 1. The predicted molar refractivity (Wildman–Crippen MR) is 49.3 cm³/mol. The van der Waals surface area contributed by atoms with E-state index in [-0.39, 0.29) is 6.54 Å². The lowest BCUT2D eigenvalue weighted by atomic mass is 10.4. The molecule has 0 aliphatic heterocycles. The van der Waals surface area contributed by atoms with Crippen molar-refractivity contribution in [1.82, 2.24) is 20.3 Å². The van der Waals surface area contributed by atoms with Crippen LogP contribution in [0.25, 0.3) is 0 Å². The monoisotopic (exact) mass is 199 g/mol. The first-order chi connectivity index (χ1) is 6.65. The molecule has 14 heavy (non-hydrogen) atoms. The van der Waals surface area contributed by atoms with Gasteiger partial charge in [0.15, 0.2) is 5.82 Å². The van der Waals surface area contributed by atoms with Crippen LogP contribution in [0.15, 0.2) is 0 Å². The van der Waals surface area contributed by atoms with Crippen molar-refractivity contribution in [2.75, 3.05) is 12.3 Å². The van der Waals surface area contributed by atoms with E-state index in [4.69, 9.17) is 5.73 Å². The van der Waals surface area contributed by atoms with E-state index >= 15 is 0 Å². The lowest BCUT2D eigenvalue weighted by Crippen LogP contribution is -2.25. The van der Waals surface area contributed by atoms with E-state index in [2.05, 4.69) is 20.4 Å². The van der Waals surface area contributed by atoms with Gasteiger partial charge in [0, 0.05) is 7.05 Å². The summed E-state index contributed by atoms with van der Waals surface area (Å²) in [6.07, 6.45) is -0.479. The van der Waals surface area contributed by atoms with Crippen LogP contribution in [0.5, 0.6) is 0 Å². The molecule has 78 valence electrons. The minimum Gasteiger partial charge on any atom is -0.450 e. The van der Waals surface area contributed by atoms with E-state index in [1.807, 2.05) is 0 Å². The van der Waals surface area contributed by atoms with Crippen molar-refractivity contribution in [2.45, 2.75) is 13.5 Å². The van der Waals surface area contributed by atoms with Crippen molar-refractivity contribution in [1.29, 1.82) is 0 Å². The Balaban J connectivity index is 2.49. The number of hydrogen-bond donors (Lipinski definition) is 2. The van der Waals surface area contributed by atoms with Crippen LogP contribution in [0, 0.1) is 0 Å². The molecule has 1 heterocycles. The van der Waals surface area contributed by atoms with Gasteiger partial charge in [-0.1, -0.05) is 5.21 Å². The van der Waals surface area contributed by atoms with Gasteiger partial charge >= 0.3 is 6.09 Å². The molecule has 1 rings (SSSR count). The molecule has 0 aliphatic carbocycles. The van der Waals surface area contributed by atoms with Crippen LogP contribution in [0.3, 0.4) is 0 Å². The van der Waals surface area contributed by atoms with Crippen molar-refractivity contribution in [3.63, 3.8) is 0 Å². The lowest BCUT2D eigenvalue weighted by molar-refractivity contribution is 0.151. The summed E-state index contributed by atoms with van der Waals surface area (Å²) in [6.45, 7) is 2.33. The Morgan fingerprint density at radius 1 is 1.71 bits per heavy atom. The molecule has 3 N–H and O–H groups in total. The van der Waals surface area contributed by atoms with Gasteiger partial charge in [0.1, 0.15) is 5.69 Å². The molecule has 0 saturated carbocycles. The maximum atomic E-state index is 10.9. The van der Waals surface area contributed by atoms with E-state index in [1.165, 1.54) is 4.68 Å². The molecule has 0 fully saturated rings. The first-order valence-corrected chi connectivity index (χ1v) is 4.19. The van der Waals surface area contributed by atoms with Gasteiger partial charge in [-0.3, -0.25) is 0 Å². The van der Waals surface area contributed by atoms with Gasteiger partial charge in [0.2, 0.25) is 0 Å². The standard InChI is InChI=1S/C7H13N5O2/c1-3-14-7(13)9-4-5-6(8)10-11-12(5)2/h3-4,8H2,1-2H3,(H,9,13). The van der Waals surface area contributed by atoms with Gasteiger partial charge in [-0.15, -0.1) is 5.10 Å². The summed E-state index contributed by atoms with van der Waals surface area (Å²) in [7, 11) is 1.70. The number of nitrogens with zero attached hydrogens (tertiary/aromatic N) is 3. The molecule has 1 amide bonds. The van der Waals surface area contributed by atoms with Crippen LogP contribution in [0.4, 0.5) is 10.6 Å². The van der Waals surface area contributed by atoms with Gasteiger partial charge in [0.05, 0.1) is 13.2 Å². The first kappa shape index (κ1) is 10.3. The molecule has 0 bridgehead atoms. The Hall–Kier alpha value is -1.79. The van der Waals surface area contributed by atoms with Crippen molar-refractivity contribution >= 4 is 11.9 Å². The Morgan fingerprint density at radius 2 is 2.43 bits per heavy atom. The number of aromatic nitrogens is 3. The third kappa shape index (κ3) is 2.35. The molecular weight excluding hydrogens is 186 g/mol. The Bertz CT molecular complexity index is 302. The Morgan fingerprint density at radius 3 is 2.93 bits per heavy atom. The second kappa shape index (κ2) is 4.45. The molecule has 0 aromatic carbocycles. The number of hydrogen-bond acceptors (Lipinski definition) is 5. The normalized spacial score (nSPS) is 9.86. The van der Waals surface area contributed by atoms with Crippen LogP contribution in [-0.2, 0) is 18.3 Å². The molecule has 1 aromatic heterocycles. The maximum Gasteiger partial charge on any atom is 0.407 e. The lowest BCUT2D eigenvalue weighted by Gasteiger charge is -2.04. The van der Waals surface area contributed by atoms with E-state index in [1.54, 1.807) is 14.0 Å². The molecule has 0 saturated heterocycles. The van der Waals surface area contributed by atoms with Crippen molar-refractivity contribution in [3.8, 4) is 0 Å². The van der Waals surface area contributed by atoms with Crippen molar-refractivity contribution < 1.29 is 9.53 Å². The molecular formula is C7H13N5O2. The zero-order valence-electron chi connectivity index (χ0n) is 8.15. The van der Waals surface area contributed by atoms with Gasteiger partial charge in [-0.25, -0.2) is 9.48 Å². The van der Waals surface area contributed by atoms with E-state index in [0.717, 1.165) is 0 Å². The second-order valence-electron chi connectivity index (χ2n) is 2.62. The summed E-state index contributed by atoms with van der Waals surface area (Å²) in [5.74, 6) is 0.310. The highest BCUT2D eigenvalue weighted by Crippen LogP contribution is 2.04. The molecule has 0 unspecified atom stereocenters. The number of alkyl carbamates (subject to hydrolysis) is 1. The zero-order valence-corrected chi connectivity index (χ0v) is 8.15. The quantitative estimate of drug-likeness (QED) is 0.693. The van der Waals surface area contributed by atoms with Gasteiger partial charge < -0.3 is 15.8 Å². The zero-order chi connectivity index (χ0) is 10.6. The maximum absolute atomic E-state index is 10.9. The number of aryl methyl sites for hydroxylation is 1. The Labute approximate surface area is 81.2 Å². The average molecular weight is 199 g/mol. The number of rotatable bonds is 3. The number of anilines is 1. The highest BCUT2D eigenvalue weighted by Gasteiger charge is 2.08. The highest BCUT2D eigenvalue weighted by atomic mass is 16.5. The minimum atomic E-state index is -0.479. The van der Waals surface area contributed by atoms with Crippen LogP contribution >= 0.6 is 0 Å². The number of nitrogen functional groups attached to an aromatic ring is 1. The number of nitrogens with one attached hydrogen (secondary N) is 1. The van der Waals surface area contributed by atoms with E-state index in [9.17, 15) is 4.79 Å². The van der Waals surface area contributed by atoms with E-state index in [0.29, 0.717) is 18.1 Å². The van der Waals surface area contributed by atoms with Crippen LogP contribution in [-0.4, -0.2) is 27.7 Å². The SMILES string of the molecule is CCOC(=O)NCc1c(N)nnn1C. The van der Waals surface area contributed by atoms with Gasteiger partial charge in [0.25, 0.3) is 0 Å². The largest absolute Gasteiger partial charge is 0.450 e. The summed E-state index contributed by atoms with van der Waals surface area (Å²) in [5.41, 5.74) is 6.17. The molecule has 7 nitrogen and oxygen atoms in total. The number of ether oxygens (including phenoxy) is 1. The third-order valence-electron chi connectivity index (χ3n) is 1.65. The summed E-state index contributed by atoms with van der Waals surface area (Å²) in [6, 6.07) is 0. The molecule has 7 heteroatoms. The fourth-order valence-corrected chi connectivity index (χ4v) is 0.936. The molecule has 0 radical (unpaired) electrons. The summed E-state index contributed by atoms with van der Waals surface area (Å²) in [4.78, 5) is 10.9. The van der Waals surface area contributed by atoms with Crippen LogP contribution < -0.4 is 11.1 Å². The topological polar surface area (TPSA) is 95.1 Å². The summed E-state index contributed by atoms with van der Waals surface area (Å²) >= 11 is 0. The number of carbonyl (C=O) groups is 1. The second-order valence-corrected chi connectivity index (χ2v) is 2.62. The predicted octanol–water partition coefficient (Wildman–Crippen LogP) is -0.357. The smallest absolute Gasteiger partial charge is 0.407 e. The van der Waals surface area contributed by atoms with Crippen molar-refractivity contribution in [3.05, 3.63) is 5.69 Å². The molecule has 0 spiro atoms. The molecule has 0 atom stereocenters. The number of nitrogens with two attached hydrogens (primary N) is 1. The fourth-order valence-electron chi connectivity index (χ4n) is 0.936. The van der Waals surface area contributed by atoms with Gasteiger partial charge in [-0.2, -0.15) is 0 Å². The van der Waals surface area contributed by atoms with Crippen molar-refractivity contribution in [2.24, 2.45) is 7.05 Å². The van der Waals surface area contributed by atoms with Gasteiger partial charge in [-0.05, 0) is 6.92 Å². The summed E-state index contributed by atoms with van der Waals surface area (Å²) < 4.78 is 6.18. The fraction of sp³-hybridized carbons (Fsp3) is 0.571. The van der Waals surface area contributed by atoms with Crippen LogP contribution in [0.1, 0.15) is 12.6 Å². The highest BCUT2D eigenvalue weighted by molar-refractivity contribution is 5.67. The molecule has 1 aromatic rings.